The van der Waals surface area contributed by atoms with Crippen LogP contribution in [-0.2, 0) is 0 Å². The number of aromatic nitrogens is 2. The maximum absolute atomic E-state index is 12.5. The first-order valence-corrected chi connectivity index (χ1v) is 7.38. The van der Waals surface area contributed by atoms with Gasteiger partial charge in [0.2, 0.25) is 0 Å². The maximum atomic E-state index is 12.5. The Hall–Kier alpha value is -3.28. The van der Waals surface area contributed by atoms with Crippen molar-refractivity contribution >= 4 is 11.6 Å². The van der Waals surface area contributed by atoms with E-state index in [0.29, 0.717) is 11.4 Å². The van der Waals surface area contributed by atoms with Crippen molar-refractivity contribution in [1.82, 2.24) is 9.78 Å². The number of nitrogens with one attached hydrogen (secondary N) is 1. The van der Waals surface area contributed by atoms with E-state index in [4.69, 9.17) is 4.74 Å². The summed E-state index contributed by atoms with van der Waals surface area (Å²) < 4.78 is 6.82. The first kappa shape index (κ1) is 15.6. The predicted molar refractivity (Wildman–Crippen MR) is 90.9 cm³/mol. The van der Waals surface area contributed by atoms with Crippen molar-refractivity contribution in [3.05, 3.63) is 66.0 Å². The van der Waals surface area contributed by atoms with Crippen molar-refractivity contribution in [3.63, 3.8) is 0 Å². The Morgan fingerprint density at radius 3 is 2.62 bits per heavy atom. The Morgan fingerprint density at radius 2 is 1.96 bits per heavy atom. The topological polar surface area (TPSA) is 76.4 Å². The SMILES string of the molecule is COc1cn(-c2ccccc2)nc1C(=O)Nc1ccc(C)cc1O. The minimum atomic E-state index is -0.458. The van der Waals surface area contributed by atoms with Crippen molar-refractivity contribution < 1.29 is 14.6 Å². The molecule has 0 aliphatic heterocycles. The molecule has 0 radical (unpaired) electrons. The number of carbonyl (C=O) groups is 1. The molecule has 3 aromatic rings. The Labute approximate surface area is 139 Å². The number of nitrogens with zero attached hydrogens (tertiary/aromatic N) is 2. The highest BCUT2D eigenvalue weighted by molar-refractivity contribution is 6.05. The van der Waals surface area contributed by atoms with Gasteiger partial charge in [0.25, 0.3) is 5.91 Å². The summed E-state index contributed by atoms with van der Waals surface area (Å²) in [6.07, 6.45) is 1.64. The van der Waals surface area contributed by atoms with Gasteiger partial charge in [-0.05, 0) is 36.8 Å². The van der Waals surface area contributed by atoms with Gasteiger partial charge in [-0.15, -0.1) is 0 Å². The minimum absolute atomic E-state index is 0.00445. The molecular formula is C18H17N3O3. The molecule has 3 rings (SSSR count). The summed E-state index contributed by atoms with van der Waals surface area (Å²) in [6, 6.07) is 14.4. The number of rotatable bonds is 4. The van der Waals surface area contributed by atoms with Crippen LogP contribution in [0.3, 0.4) is 0 Å². The molecule has 2 N–H and O–H groups in total. The van der Waals surface area contributed by atoms with Gasteiger partial charge in [-0.3, -0.25) is 4.79 Å². The second-order valence-corrected chi connectivity index (χ2v) is 5.30. The number of ether oxygens (including phenoxy) is 1. The molecule has 0 aliphatic rings. The van der Waals surface area contributed by atoms with Gasteiger partial charge in [-0.1, -0.05) is 24.3 Å². The Morgan fingerprint density at radius 1 is 1.21 bits per heavy atom. The van der Waals surface area contributed by atoms with Crippen LogP contribution >= 0.6 is 0 Å². The summed E-state index contributed by atoms with van der Waals surface area (Å²) >= 11 is 0. The van der Waals surface area contributed by atoms with Gasteiger partial charge in [0.15, 0.2) is 11.4 Å². The lowest BCUT2D eigenvalue weighted by Gasteiger charge is -2.07. The van der Waals surface area contributed by atoms with E-state index >= 15 is 0 Å². The first-order valence-electron chi connectivity index (χ1n) is 7.38. The third kappa shape index (κ3) is 3.08. The maximum Gasteiger partial charge on any atom is 0.280 e. The summed E-state index contributed by atoms with van der Waals surface area (Å²) in [6.45, 7) is 1.86. The van der Waals surface area contributed by atoms with Crippen LogP contribution < -0.4 is 10.1 Å². The lowest BCUT2D eigenvalue weighted by molar-refractivity contribution is 0.101. The number of aryl methyl sites for hydroxylation is 1. The Balaban J connectivity index is 1.90. The van der Waals surface area contributed by atoms with Crippen LogP contribution in [0.4, 0.5) is 5.69 Å². The van der Waals surface area contributed by atoms with Crippen molar-refractivity contribution in [2.75, 3.05) is 12.4 Å². The highest BCUT2D eigenvalue weighted by Gasteiger charge is 2.19. The van der Waals surface area contributed by atoms with Gasteiger partial charge in [-0.25, -0.2) is 4.68 Å². The number of anilines is 1. The number of benzene rings is 2. The summed E-state index contributed by atoms with van der Waals surface area (Å²) in [5, 5.41) is 16.9. The highest BCUT2D eigenvalue weighted by Crippen LogP contribution is 2.26. The monoisotopic (exact) mass is 323 g/mol. The smallest absolute Gasteiger partial charge is 0.280 e. The first-order chi connectivity index (χ1) is 11.6. The molecule has 24 heavy (non-hydrogen) atoms. The highest BCUT2D eigenvalue weighted by atomic mass is 16.5. The van der Waals surface area contributed by atoms with E-state index in [-0.39, 0.29) is 11.4 Å². The van der Waals surface area contributed by atoms with Crippen molar-refractivity contribution in [2.24, 2.45) is 0 Å². The van der Waals surface area contributed by atoms with E-state index in [9.17, 15) is 9.90 Å². The van der Waals surface area contributed by atoms with Gasteiger partial charge in [-0.2, -0.15) is 5.10 Å². The van der Waals surface area contributed by atoms with Crippen molar-refractivity contribution in [3.8, 4) is 17.2 Å². The molecule has 0 unspecified atom stereocenters. The largest absolute Gasteiger partial charge is 0.506 e. The van der Waals surface area contributed by atoms with Crippen LogP contribution in [0.25, 0.3) is 5.69 Å². The fourth-order valence-corrected chi connectivity index (χ4v) is 2.31. The van der Waals surface area contributed by atoms with Gasteiger partial charge >= 0.3 is 0 Å². The summed E-state index contributed by atoms with van der Waals surface area (Å²) in [5.41, 5.74) is 2.17. The van der Waals surface area contributed by atoms with Crippen LogP contribution in [-0.4, -0.2) is 27.9 Å². The number of phenolic OH excluding ortho intramolecular Hbond substituents is 1. The Kier molecular flexibility index (Phi) is 4.20. The number of hydrogen-bond donors (Lipinski definition) is 2. The van der Waals surface area contributed by atoms with Crippen molar-refractivity contribution in [1.29, 1.82) is 0 Å². The lowest BCUT2D eigenvalue weighted by atomic mass is 10.2. The van der Waals surface area contributed by atoms with Gasteiger partial charge < -0.3 is 15.2 Å². The molecule has 0 saturated heterocycles. The summed E-state index contributed by atoms with van der Waals surface area (Å²) in [5.74, 6) is -0.103. The van der Waals surface area contributed by atoms with Gasteiger partial charge in [0, 0.05) is 0 Å². The zero-order chi connectivity index (χ0) is 17.1. The third-order valence-electron chi connectivity index (χ3n) is 3.54. The quantitative estimate of drug-likeness (QED) is 0.723. The molecule has 0 bridgehead atoms. The summed E-state index contributed by atoms with van der Waals surface area (Å²) in [7, 11) is 1.48. The van der Waals surface area contributed by atoms with Crippen molar-refractivity contribution in [2.45, 2.75) is 6.92 Å². The zero-order valence-corrected chi connectivity index (χ0v) is 13.4. The van der Waals surface area contributed by atoms with E-state index < -0.39 is 5.91 Å². The molecule has 0 spiro atoms. The van der Waals surface area contributed by atoms with E-state index in [1.54, 1.807) is 29.1 Å². The van der Waals surface area contributed by atoms with E-state index in [2.05, 4.69) is 10.4 Å². The molecule has 1 heterocycles. The number of hydrogen-bond acceptors (Lipinski definition) is 4. The van der Waals surface area contributed by atoms with Gasteiger partial charge in [0.1, 0.15) is 5.75 Å². The molecule has 122 valence electrons. The fraction of sp³-hybridized carbons (Fsp3) is 0.111. The molecule has 6 nitrogen and oxygen atoms in total. The molecule has 1 amide bonds. The number of methoxy groups -OCH3 is 1. The molecule has 2 aromatic carbocycles. The Bertz CT molecular complexity index is 872. The van der Waals surface area contributed by atoms with E-state index in [0.717, 1.165) is 11.3 Å². The molecular weight excluding hydrogens is 306 g/mol. The molecule has 1 aromatic heterocycles. The molecule has 0 fully saturated rings. The molecule has 6 heteroatoms. The van der Waals surface area contributed by atoms with Crippen LogP contribution in [0.15, 0.2) is 54.7 Å². The predicted octanol–water partition coefficient (Wildman–Crippen LogP) is 3.15. The normalized spacial score (nSPS) is 10.4. The van der Waals surface area contributed by atoms with E-state index in [1.165, 1.54) is 7.11 Å². The average molecular weight is 323 g/mol. The third-order valence-corrected chi connectivity index (χ3v) is 3.54. The number of aromatic hydroxyl groups is 1. The van der Waals surface area contributed by atoms with E-state index in [1.807, 2.05) is 37.3 Å². The lowest BCUT2D eigenvalue weighted by Crippen LogP contribution is -2.14. The zero-order valence-electron chi connectivity index (χ0n) is 13.4. The number of carbonyl (C=O) groups excluding carboxylic acids is 1. The number of para-hydroxylation sites is 1. The van der Waals surface area contributed by atoms with Gasteiger partial charge in [0.05, 0.1) is 24.7 Å². The average Bonchev–Trinajstić information content (AvgIpc) is 3.02. The molecule has 0 aliphatic carbocycles. The van der Waals surface area contributed by atoms with Crippen LogP contribution in [0.5, 0.6) is 11.5 Å². The fourth-order valence-electron chi connectivity index (χ4n) is 2.31. The molecule has 0 atom stereocenters. The van der Waals surface area contributed by atoms with Crippen LogP contribution in [0.1, 0.15) is 16.1 Å². The summed E-state index contributed by atoms with van der Waals surface area (Å²) in [4.78, 5) is 12.5. The minimum Gasteiger partial charge on any atom is -0.506 e. The number of amides is 1. The second kappa shape index (κ2) is 6.45. The van der Waals surface area contributed by atoms with Crippen LogP contribution in [0.2, 0.25) is 0 Å². The second-order valence-electron chi connectivity index (χ2n) is 5.30. The number of phenols is 1. The molecule has 0 saturated carbocycles. The standard InChI is InChI=1S/C18H17N3O3/c1-12-8-9-14(15(22)10-12)19-18(23)17-16(24-2)11-21(20-17)13-6-4-3-5-7-13/h3-11,22H,1-2H3,(H,19,23). The van der Waals surface area contributed by atoms with Crippen LogP contribution in [0, 0.1) is 6.92 Å².